The summed E-state index contributed by atoms with van der Waals surface area (Å²) in [6.07, 6.45) is 1.27. The van der Waals surface area contributed by atoms with Crippen LogP contribution in [0.25, 0.3) is 10.9 Å². The standard InChI is InChI=1S/C24H16Cl2F5N3/c1-11-3-6-18-15(7-11)16(12(2)34(18)10-13-4-5-14(25)8-17(13)26)9-32-33-24-22(30)20(28)19(27)21(29)23(24)31/h3-9,33H,10H2,1-2H3/b32-9+. The van der Waals surface area contributed by atoms with Crippen molar-refractivity contribution >= 4 is 46.0 Å². The van der Waals surface area contributed by atoms with Crippen molar-refractivity contribution in [2.24, 2.45) is 5.10 Å². The van der Waals surface area contributed by atoms with Crippen LogP contribution in [-0.4, -0.2) is 10.8 Å². The van der Waals surface area contributed by atoms with Gasteiger partial charge in [-0.05, 0) is 43.7 Å². The van der Waals surface area contributed by atoms with Crippen molar-refractivity contribution in [3.8, 4) is 0 Å². The van der Waals surface area contributed by atoms with Crippen molar-refractivity contribution < 1.29 is 22.0 Å². The predicted octanol–water partition coefficient (Wildman–Crippen LogP) is 7.75. The number of hydrogen-bond acceptors (Lipinski definition) is 2. The van der Waals surface area contributed by atoms with E-state index in [4.69, 9.17) is 23.2 Å². The summed E-state index contributed by atoms with van der Waals surface area (Å²) < 4.78 is 70.1. The lowest BCUT2D eigenvalue weighted by molar-refractivity contribution is 0.381. The van der Waals surface area contributed by atoms with Crippen molar-refractivity contribution in [3.05, 3.63) is 97.9 Å². The van der Waals surface area contributed by atoms with Gasteiger partial charge in [0.2, 0.25) is 5.82 Å². The van der Waals surface area contributed by atoms with Crippen LogP contribution in [0, 0.1) is 42.9 Å². The van der Waals surface area contributed by atoms with Gasteiger partial charge in [-0.2, -0.15) is 5.10 Å². The van der Waals surface area contributed by atoms with Gasteiger partial charge in [0.15, 0.2) is 23.3 Å². The second kappa shape index (κ2) is 9.27. The summed E-state index contributed by atoms with van der Waals surface area (Å²) in [5, 5.41) is 5.55. The minimum atomic E-state index is -2.24. The number of fused-ring (bicyclic) bond motifs is 1. The first-order chi connectivity index (χ1) is 16.1. The summed E-state index contributed by atoms with van der Waals surface area (Å²) in [6.45, 7) is 4.12. The molecule has 4 aromatic rings. The number of nitrogens with zero attached hydrogens (tertiary/aromatic N) is 2. The highest BCUT2D eigenvalue weighted by Gasteiger charge is 2.25. The maximum Gasteiger partial charge on any atom is 0.200 e. The molecule has 0 amide bonds. The second-order valence-electron chi connectivity index (χ2n) is 7.66. The third-order valence-corrected chi connectivity index (χ3v) is 6.04. The van der Waals surface area contributed by atoms with E-state index in [2.05, 4.69) is 5.10 Å². The van der Waals surface area contributed by atoms with Crippen LogP contribution in [-0.2, 0) is 6.54 Å². The average Bonchev–Trinajstić information content (AvgIpc) is 3.05. The molecule has 0 atom stereocenters. The zero-order valence-electron chi connectivity index (χ0n) is 17.8. The molecule has 1 aromatic heterocycles. The summed E-state index contributed by atoms with van der Waals surface area (Å²) in [5.41, 5.74) is 4.66. The van der Waals surface area contributed by atoms with Crippen LogP contribution in [0.3, 0.4) is 0 Å². The Hall–Kier alpha value is -3.10. The van der Waals surface area contributed by atoms with Crippen LogP contribution < -0.4 is 5.43 Å². The van der Waals surface area contributed by atoms with E-state index in [1.54, 1.807) is 12.1 Å². The van der Waals surface area contributed by atoms with Gasteiger partial charge in [-0.15, -0.1) is 0 Å². The fourth-order valence-corrected chi connectivity index (χ4v) is 4.14. The third kappa shape index (κ3) is 4.23. The smallest absolute Gasteiger partial charge is 0.200 e. The first kappa shape index (κ1) is 24.0. The Morgan fingerprint density at radius 3 is 2.18 bits per heavy atom. The van der Waals surface area contributed by atoms with Crippen LogP contribution in [0.5, 0.6) is 0 Å². The molecule has 0 saturated heterocycles. The van der Waals surface area contributed by atoms with Crippen LogP contribution in [0.2, 0.25) is 10.0 Å². The van der Waals surface area contributed by atoms with E-state index in [-0.39, 0.29) is 0 Å². The fourth-order valence-electron chi connectivity index (χ4n) is 3.67. The molecule has 0 aliphatic rings. The zero-order chi connectivity index (χ0) is 24.7. The predicted molar refractivity (Wildman–Crippen MR) is 124 cm³/mol. The number of aryl methyl sites for hydroxylation is 1. The Balaban J connectivity index is 1.76. The number of aromatic nitrogens is 1. The number of hydrazone groups is 1. The lowest BCUT2D eigenvalue weighted by Crippen LogP contribution is -2.07. The number of hydrogen-bond donors (Lipinski definition) is 1. The molecule has 0 aliphatic carbocycles. The van der Waals surface area contributed by atoms with Crippen molar-refractivity contribution in [1.82, 2.24) is 4.57 Å². The molecule has 0 radical (unpaired) electrons. The first-order valence-electron chi connectivity index (χ1n) is 9.94. The van der Waals surface area contributed by atoms with E-state index in [0.717, 1.165) is 27.7 Å². The molecular formula is C24H16Cl2F5N3. The molecule has 34 heavy (non-hydrogen) atoms. The minimum absolute atomic E-state index is 0.403. The lowest BCUT2D eigenvalue weighted by Gasteiger charge is -2.11. The van der Waals surface area contributed by atoms with Crippen molar-refractivity contribution in [2.75, 3.05) is 5.43 Å². The zero-order valence-corrected chi connectivity index (χ0v) is 19.3. The third-order valence-electron chi connectivity index (χ3n) is 5.45. The molecule has 3 nitrogen and oxygen atoms in total. The Morgan fingerprint density at radius 2 is 1.53 bits per heavy atom. The number of anilines is 1. The summed E-state index contributed by atoms with van der Waals surface area (Å²) in [5.74, 6) is -10.3. The van der Waals surface area contributed by atoms with Gasteiger partial charge >= 0.3 is 0 Å². The number of rotatable bonds is 5. The highest BCUT2D eigenvalue weighted by atomic mass is 35.5. The Labute approximate surface area is 201 Å². The largest absolute Gasteiger partial charge is 0.340 e. The number of benzene rings is 3. The van der Waals surface area contributed by atoms with Crippen LogP contribution in [0.1, 0.15) is 22.4 Å². The molecule has 3 aromatic carbocycles. The topological polar surface area (TPSA) is 29.3 Å². The quantitative estimate of drug-likeness (QED) is 0.0957. The van der Waals surface area contributed by atoms with E-state index < -0.39 is 34.8 Å². The van der Waals surface area contributed by atoms with Gasteiger partial charge in [-0.1, -0.05) is 40.9 Å². The van der Waals surface area contributed by atoms with Crippen LogP contribution in [0.15, 0.2) is 41.5 Å². The number of halogens is 7. The lowest BCUT2D eigenvalue weighted by atomic mass is 10.1. The van der Waals surface area contributed by atoms with Gasteiger partial charge in [0.25, 0.3) is 0 Å². The molecule has 0 unspecified atom stereocenters. The van der Waals surface area contributed by atoms with Crippen LogP contribution in [0.4, 0.5) is 27.6 Å². The highest BCUT2D eigenvalue weighted by molar-refractivity contribution is 6.35. The van der Waals surface area contributed by atoms with Crippen molar-refractivity contribution in [2.45, 2.75) is 20.4 Å². The van der Waals surface area contributed by atoms with E-state index >= 15 is 0 Å². The maximum atomic E-state index is 13.9. The summed E-state index contributed by atoms with van der Waals surface area (Å²) >= 11 is 12.3. The van der Waals surface area contributed by atoms with Gasteiger partial charge in [0.1, 0.15) is 5.69 Å². The molecule has 0 saturated carbocycles. The van der Waals surface area contributed by atoms with E-state index in [9.17, 15) is 22.0 Å². The Kier molecular flexibility index (Phi) is 6.55. The maximum absolute atomic E-state index is 13.9. The van der Waals surface area contributed by atoms with Gasteiger partial charge < -0.3 is 4.57 Å². The summed E-state index contributed by atoms with van der Waals surface area (Å²) in [7, 11) is 0. The minimum Gasteiger partial charge on any atom is -0.340 e. The summed E-state index contributed by atoms with van der Waals surface area (Å²) in [4.78, 5) is 0. The molecule has 1 heterocycles. The molecule has 0 aliphatic heterocycles. The molecule has 4 rings (SSSR count). The molecule has 10 heteroatoms. The fraction of sp³-hybridized carbons (Fsp3) is 0.125. The van der Waals surface area contributed by atoms with Gasteiger partial charge in [-0.25, -0.2) is 22.0 Å². The highest BCUT2D eigenvalue weighted by Crippen LogP contribution is 2.30. The van der Waals surface area contributed by atoms with E-state index in [1.165, 1.54) is 6.21 Å². The SMILES string of the molecule is Cc1ccc2c(c1)c(/C=N/Nc1c(F)c(F)c(F)c(F)c1F)c(C)n2Cc1ccc(Cl)cc1Cl. The normalized spacial score (nSPS) is 11.7. The molecule has 176 valence electrons. The second-order valence-corrected chi connectivity index (χ2v) is 8.50. The van der Waals surface area contributed by atoms with Gasteiger partial charge in [0.05, 0.1) is 6.21 Å². The molecule has 1 N–H and O–H groups in total. The number of nitrogens with one attached hydrogen (secondary N) is 1. The van der Waals surface area contributed by atoms with Crippen molar-refractivity contribution in [1.29, 1.82) is 0 Å². The van der Waals surface area contributed by atoms with Crippen molar-refractivity contribution in [3.63, 3.8) is 0 Å². The molecule has 0 bridgehead atoms. The van der Waals surface area contributed by atoms with E-state index in [1.807, 2.05) is 48.1 Å². The van der Waals surface area contributed by atoms with Gasteiger partial charge in [-0.3, -0.25) is 5.43 Å². The monoisotopic (exact) mass is 511 g/mol. The molecule has 0 fully saturated rings. The van der Waals surface area contributed by atoms with Gasteiger partial charge in [0, 0.05) is 38.8 Å². The molecular weight excluding hydrogens is 496 g/mol. The van der Waals surface area contributed by atoms with Crippen LogP contribution >= 0.6 is 23.2 Å². The Morgan fingerprint density at radius 1 is 0.882 bits per heavy atom. The first-order valence-corrected chi connectivity index (χ1v) is 10.7. The molecule has 0 spiro atoms. The van der Waals surface area contributed by atoms with E-state index in [0.29, 0.717) is 22.2 Å². The Bertz CT molecular complexity index is 1430. The summed E-state index contributed by atoms with van der Waals surface area (Å²) in [6, 6.07) is 10.9. The average molecular weight is 512 g/mol.